The lowest BCUT2D eigenvalue weighted by molar-refractivity contribution is 0.0601. The van der Waals surface area contributed by atoms with Gasteiger partial charge >= 0.3 is 5.97 Å². The Morgan fingerprint density at radius 1 is 1.58 bits per heavy atom. The van der Waals surface area contributed by atoms with E-state index in [4.69, 9.17) is 21.1 Å². The molecule has 0 bridgehead atoms. The Bertz CT molecular complexity index is 458. The normalized spacial score (nSPS) is 20.1. The average molecular weight is 284 g/mol. The third-order valence-corrected chi connectivity index (χ3v) is 3.77. The topological polar surface area (TPSA) is 47.6 Å². The zero-order valence-corrected chi connectivity index (χ0v) is 11.9. The van der Waals surface area contributed by atoms with Gasteiger partial charge in [0.15, 0.2) is 0 Å². The molecule has 1 aliphatic heterocycles. The molecule has 1 aliphatic rings. The molecule has 1 saturated heterocycles. The summed E-state index contributed by atoms with van der Waals surface area (Å²) in [6.45, 7) is 3.68. The van der Waals surface area contributed by atoms with Gasteiger partial charge in [-0.1, -0.05) is 11.6 Å². The minimum atomic E-state index is -0.364. The maximum absolute atomic E-state index is 11.5. The summed E-state index contributed by atoms with van der Waals surface area (Å²) in [5.41, 5.74) is 1.24. The number of halogens is 1. The van der Waals surface area contributed by atoms with Crippen LogP contribution < -0.4 is 5.32 Å². The molecule has 2 unspecified atom stereocenters. The number of esters is 1. The van der Waals surface area contributed by atoms with Gasteiger partial charge < -0.3 is 14.8 Å². The average Bonchev–Trinajstić information content (AvgIpc) is 2.94. The Morgan fingerprint density at radius 3 is 3.00 bits per heavy atom. The maximum Gasteiger partial charge on any atom is 0.337 e. The zero-order chi connectivity index (χ0) is 13.8. The molecule has 1 heterocycles. The third kappa shape index (κ3) is 3.39. The van der Waals surface area contributed by atoms with Gasteiger partial charge in [-0.25, -0.2) is 4.79 Å². The summed E-state index contributed by atoms with van der Waals surface area (Å²) in [6.07, 6.45) is 1.04. The molecule has 1 aromatic rings. The van der Waals surface area contributed by atoms with Gasteiger partial charge in [0.1, 0.15) is 0 Å². The molecule has 0 saturated carbocycles. The second-order valence-corrected chi connectivity index (χ2v) is 5.15. The van der Waals surface area contributed by atoms with Crippen LogP contribution in [0.25, 0.3) is 0 Å². The minimum Gasteiger partial charge on any atom is -0.465 e. The van der Waals surface area contributed by atoms with Crippen molar-refractivity contribution in [2.45, 2.75) is 19.4 Å². The van der Waals surface area contributed by atoms with Crippen molar-refractivity contribution in [1.82, 2.24) is 0 Å². The molecule has 0 amide bonds. The SMILES string of the molecule is COC(=O)c1ccc(Cl)c(NC(C)C2CCOC2)c1. The molecule has 5 heteroatoms. The predicted octanol–water partition coefficient (Wildman–Crippen LogP) is 2.96. The Kier molecular flexibility index (Phi) is 4.66. The van der Waals surface area contributed by atoms with Gasteiger partial charge in [-0.15, -0.1) is 0 Å². The predicted molar refractivity (Wildman–Crippen MR) is 74.8 cm³/mol. The molecule has 1 aromatic carbocycles. The molecule has 0 radical (unpaired) electrons. The molecular formula is C14H18ClNO3. The molecule has 0 aromatic heterocycles. The van der Waals surface area contributed by atoms with E-state index < -0.39 is 0 Å². The molecule has 0 aliphatic carbocycles. The van der Waals surface area contributed by atoms with Crippen molar-refractivity contribution in [2.75, 3.05) is 25.6 Å². The first kappa shape index (κ1) is 14.2. The van der Waals surface area contributed by atoms with Crippen molar-refractivity contribution in [3.63, 3.8) is 0 Å². The van der Waals surface area contributed by atoms with Crippen molar-refractivity contribution < 1.29 is 14.3 Å². The fraction of sp³-hybridized carbons (Fsp3) is 0.500. The number of carbonyl (C=O) groups is 1. The summed E-state index contributed by atoms with van der Waals surface area (Å²) in [4.78, 5) is 11.5. The number of anilines is 1. The zero-order valence-electron chi connectivity index (χ0n) is 11.1. The molecule has 19 heavy (non-hydrogen) atoms. The van der Waals surface area contributed by atoms with E-state index >= 15 is 0 Å². The van der Waals surface area contributed by atoms with Crippen LogP contribution in [0.5, 0.6) is 0 Å². The fourth-order valence-corrected chi connectivity index (χ4v) is 2.36. The highest BCUT2D eigenvalue weighted by Crippen LogP contribution is 2.27. The van der Waals surface area contributed by atoms with Crippen molar-refractivity contribution >= 4 is 23.3 Å². The van der Waals surface area contributed by atoms with Crippen LogP contribution in [0.4, 0.5) is 5.69 Å². The van der Waals surface area contributed by atoms with E-state index in [2.05, 4.69) is 12.2 Å². The Morgan fingerprint density at radius 2 is 2.37 bits per heavy atom. The lowest BCUT2D eigenvalue weighted by atomic mass is 10.0. The summed E-state index contributed by atoms with van der Waals surface area (Å²) in [5, 5.41) is 3.95. The maximum atomic E-state index is 11.5. The third-order valence-electron chi connectivity index (χ3n) is 3.44. The molecule has 4 nitrogen and oxygen atoms in total. The number of carbonyl (C=O) groups excluding carboxylic acids is 1. The van der Waals surface area contributed by atoms with Crippen LogP contribution >= 0.6 is 11.6 Å². The van der Waals surface area contributed by atoms with Crippen molar-refractivity contribution in [3.05, 3.63) is 28.8 Å². The van der Waals surface area contributed by atoms with Gasteiger partial charge in [-0.2, -0.15) is 0 Å². The summed E-state index contributed by atoms with van der Waals surface area (Å²) in [6, 6.07) is 5.32. The summed E-state index contributed by atoms with van der Waals surface area (Å²) in [5.74, 6) is 0.106. The standard InChI is InChI=1S/C14H18ClNO3/c1-9(11-5-6-19-8-11)16-13-7-10(14(17)18-2)3-4-12(13)15/h3-4,7,9,11,16H,5-6,8H2,1-2H3. The monoisotopic (exact) mass is 283 g/mol. The Hall–Kier alpha value is -1.26. The number of hydrogen-bond donors (Lipinski definition) is 1. The number of nitrogens with one attached hydrogen (secondary N) is 1. The van der Waals surface area contributed by atoms with Crippen LogP contribution in [0.15, 0.2) is 18.2 Å². The van der Waals surface area contributed by atoms with Gasteiger partial charge in [0, 0.05) is 18.6 Å². The second kappa shape index (κ2) is 6.26. The highest BCUT2D eigenvalue weighted by Gasteiger charge is 2.23. The van der Waals surface area contributed by atoms with Crippen molar-refractivity contribution in [3.8, 4) is 0 Å². The quantitative estimate of drug-likeness (QED) is 0.863. The first-order chi connectivity index (χ1) is 9.11. The second-order valence-electron chi connectivity index (χ2n) is 4.74. The van der Waals surface area contributed by atoms with E-state index in [1.807, 2.05) is 0 Å². The van der Waals surface area contributed by atoms with Gasteiger partial charge in [0.2, 0.25) is 0 Å². The first-order valence-electron chi connectivity index (χ1n) is 6.34. The number of benzene rings is 1. The number of hydrogen-bond acceptors (Lipinski definition) is 4. The number of ether oxygens (including phenoxy) is 2. The largest absolute Gasteiger partial charge is 0.465 e. The van der Waals surface area contributed by atoms with Gasteiger partial charge in [0.25, 0.3) is 0 Å². The van der Waals surface area contributed by atoms with E-state index in [0.717, 1.165) is 25.3 Å². The van der Waals surface area contributed by atoms with Crippen LogP contribution in [0.3, 0.4) is 0 Å². The molecule has 104 valence electrons. The molecule has 2 rings (SSSR count). The van der Waals surface area contributed by atoms with Crippen LogP contribution in [0.1, 0.15) is 23.7 Å². The highest BCUT2D eigenvalue weighted by atomic mass is 35.5. The summed E-state index contributed by atoms with van der Waals surface area (Å²) < 4.78 is 10.1. The molecule has 1 N–H and O–H groups in total. The van der Waals surface area contributed by atoms with E-state index in [1.165, 1.54) is 7.11 Å². The lowest BCUT2D eigenvalue weighted by Crippen LogP contribution is -2.26. The van der Waals surface area contributed by atoms with Crippen molar-refractivity contribution in [2.24, 2.45) is 5.92 Å². The number of methoxy groups -OCH3 is 1. The Balaban J connectivity index is 2.12. The van der Waals surface area contributed by atoms with Crippen LogP contribution in [-0.4, -0.2) is 32.3 Å². The van der Waals surface area contributed by atoms with Gasteiger partial charge in [-0.05, 0) is 31.5 Å². The molecule has 2 atom stereocenters. The molecule has 1 fully saturated rings. The van der Waals surface area contributed by atoms with E-state index in [1.54, 1.807) is 18.2 Å². The van der Waals surface area contributed by atoms with Crippen LogP contribution in [0, 0.1) is 5.92 Å². The summed E-state index contributed by atoms with van der Waals surface area (Å²) >= 11 is 6.15. The minimum absolute atomic E-state index is 0.243. The molecular weight excluding hydrogens is 266 g/mol. The molecule has 0 spiro atoms. The summed E-state index contributed by atoms with van der Waals surface area (Å²) in [7, 11) is 1.36. The fourth-order valence-electron chi connectivity index (χ4n) is 2.19. The Labute approximate surface area is 118 Å². The van der Waals surface area contributed by atoms with E-state index in [0.29, 0.717) is 16.5 Å². The van der Waals surface area contributed by atoms with Crippen LogP contribution in [-0.2, 0) is 9.47 Å². The van der Waals surface area contributed by atoms with Gasteiger partial charge in [-0.3, -0.25) is 0 Å². The number of rotatable bonds is 4. The highest BCUT2D eigenvalue weighted by molar-refractivity contribution is 6.33. The van der Waals surface area contributed by atoms with Crippen molar-refractivity contribution in [1.29, 1.82) is 0 Å². The van der Waals surface area contributed by atoms with E-state index in [9.17, 15) is 4.79 Å². The first-order valence-corrected chi connectivity index (χ1v) is 6.71. The van der Waals surface area contributed by atoms with E-state index in [-0.39, 0.29) is 12.0 Å². The lowest BCUT2D eigenvalue weighted by Gasteiger charge is -2.21. The van der Waals surface area contributed by atoms with Gasteiger partial charge in [0.05, 0.1) is 30.0 Å². The van der Waals surface area contributed by atoms with Crippen LogP contribution in [0.2, 0.25) is 5.02 Å². The smallest absolute Gasteiger partial charge is 0.337 e.